The van der Waals surface area contributed by atoms with Gasteiger partial charge in [0.05, 0.1) is 30.7 Å². The molecule has 1 N–H and O–H groups in total. The average molecular weight is 421 g/mol. The van der Waals surface area contributed by atoms with E-state index in [2.05, 4.69) is 5.32 Å². The Morgan fingerprint density at radius 1 is 1.03 bits per heavy atom. The van der Waals surface area contributed by atoms with Gasteiger partial charge in [0.2, 0.25) is 5.91 Å². The molecule has 0 aliphatic heterocycles. The molecule has 0 spiro atoms. The molecular weight excluding hydrogens is 392 g/mol. The van der Waals surface area contributed by atoms with Gasteiger partial charge in [0.1, 0.15) is 12.3 Å². The van der Waals surface area contributed by atoms with Crippen molar-refractivity contribution in [2.24, 2.45) is 0 Å². The fourth-order valence-electron chi connectivity index (χ4n) is 3.82. The molecular formula is C25H28N2O4. The molecule has 1 heterocycles. The SMILES string of the molecule is CCOC(=O)c1c(C)c(-c2ccccc2)n(CC(=O)Nc2cc(C)ccc2OC)c1C. The summed E-state index contributed by atoms with van der Waals surface area (Å²) in [7, 11) is 1.57. The highest BCUT2D eigenvalue weighted by atomic mass is 16.5. The summed E-state index contributed by atoms with van der Waals surface area (Å²) in [6, 6.07) is 15.3. The number of carbonyl (C=O) groups excluding carboxylic acids is 2. The van der Waals surface area contributed by atoms with Crippen molar-refractivity contribution in [1.82, 2.24) is 4.57 Å². The third kappa shape index (κ3) is 4.63. The van der Waals surface area contributed by atoms with Crippen molar-refractivity contribution in [2.45, 2.75) is 34.2 Å². The van der Waals surface area contributed by atoms with Crippen molar-refractivity contribution in [3.63, 3.8) is 0 Å². The number of amides is 1. The van der Waals surface area contributed by atoms with Crippen LogP contribution in [0.15, 0.2) is 48.5 Å². The molecule has 0 fully saturated rings. The smallest absolute Gasteiger partial charge is 0.340 e. The minimum atomic E-state index is -0.380. The first-order valence-corrected chi connectivity index (χ1v) is 10.2. The number of carbonyl (C=O) groups is 2. The second kappa shape index (κ2) is 9.51. The second-order valence-electron chi connectivity index (χ2n) is 7.36. The Balaban J connectivity index is 2.02. The number of benzene rings is 2. The van der Waals surface area contributed by atoms with E-state index in [0.29, 0.717) is 22.7 Å². The number of esters is 1. The molecule has 0 aliphatic carbocycles. The van der Waals surface area contributed by atoms with Gasteiger partial charge in [-0.25, -0.2) is 4.79 Å². The Morgan fingerprint density at radius 3 is 2.39 bits per heavy atom. The summed E-state index contributed by atoms with van der Waals surface area (Å²) in [5.41, 5.74) is 5.37. The third-order valence-corrected chi connectivity index (χ3v) is 5.22. The normalized spacial score (nSPS) is 10.6. The molecule has 162 valence electrons. The van der Waals surface area contributed by atoms with Crippen molar-refractivity contribution in [3.8, 4) is 17.0 Å². The van der Waals surface area contributed by atoms with E-state index in [0.717, 1.165) is 22.4 Å². The summed E-state index contributed by atoms with van der Waals surface area (Å²) in [5, 5.41) is 2.94. The first kappa shape index (κ1) is 22.2. The monoisotopic (exact) mass is 420 g/mol. The molecule has 31 heavy (non-hydrogen) atoms. The van der Waals surface area contributed by atoms with Crippen LogP contribution in [-0.4, -0.2) is 30.2 Å². The van der Waals surface area contributed by atoms with E-state index in [9.17, 15) is 9.59 Å². The molecule has 6 heteroatoms. The lowest BCUT2D eigenvalue weighted by atomic mass is 10.1. The topological polar surface area (TPSA) is 69.6 Å². The number of anilines is 1. The van der Waals surface area contributed by atoms with E-state index in [1.165, 1.54) is 0 Å². The lowest BCUT2D eigenvalue weighted by molar-refractivity contribution is -0.116. The van der Waals surface area contributed by atoms with Gasteiger partial charge in [-0.05, 0) is 56.5 Å². The van der Waals surface area contributed by atoms with Crippen LogP contribution in [0.25, 0.3) is 11.3 Å². The van der Waals surface area contributed by atoms with Crippen molar-refractivity contribution < 1.29 is 19.1 Å². The maximum absolute atomic E-state index is 13.0. The zero-order chi connectivity index (χ0) is 22.5. The fourth-order valence-corrected chi connectivity index (χ4v) is 3.82. The minimum absolute atomic E-state index is 0.0490. The third-order valence-electron chi connectivity index (χ3n) is 5.22. The van der Waals surface area contributed by atoms with Crippen molar-refractivity contribution >= 4 is 17.6 Å². The predicted molar refractivity (Wildman–Crippen MR) is 122 cm³/mol. The Morgan fingerprint density at radius 2 is 1.74 bits per heavy atom. The Kier molecular flexibility index (Phi) is 6.80. The highest BCUT2D eigenvalue weighted by molar-refractivity contribution is 5.97. The molecule has 0 radical (unpaired) electrons. The number of methoxy groups -OCH3 is 1. The molecule has 6 nitrogen and oxygen atoms in total. The standard InChI is InChI=1S/C25H28N2O4/c1-6-31-25(29)23-17(3)24(19-10-8-7-9-11-19)27(18(23)4)15-22(28)26-20-14-16(2)12-13-21(20)30-5/h7-14H,6,15H2,1-5H3,(H,26,28). The highest BCUT2D eigenvalue weighted by Gasteiger charge is 2.25. The number of aromatic nitrogens is 1. The molecule has 0 atom stereocenters. The van der Waals surface area contributed by atoms with Gasteiger partial charge in [0, 0.05) is 5.69 Å². The number of ether oxygens (including phenoxy) is 2. The van der Waals surface area contributed by atoms with E-state index >= 15 is 0 Å². The second-order valence-corrected chi connectivity index (χ2v) is 7.36. The zero-order valence-electron chi connectivity index (χ0n) is 18.6. The van der Waals surface area contributed by atoms with E-state index < -0.39 is 0 Å². The van der Waals surface area contributed by atoms with Gasteiger partial charge in [-0.2, -0.15) is 0 Å². The van der Waals surface area contributed by atoms with E-state index in [1.54, 1.807) is 14.0 Å². The molecule has 0 bridgehead atoms. The Bertz CT molecular complexity index is 1100. The van der Waals surface area contributed by atoms with Crippen LogP contribution in [0.4, 0.5) is 5.69 Å². The molecule has 0 aliphatic rings. The van der Waals surface area contributed by atoms with Gasteiger partial charge >= 0.3 is 5.97 Å². The molecule has 0 unspecified atom stereocenters. The van der Waals surface area contributed by atoms with Crippen LogP contribution in [-0.2, 0) is 16.1 Å². The van der Waals surface area contributed by atoms with Gasteiger partial charge in [-0.3, -0.25) is 4.79 Å². The molecule has 1 amide bonds. The van der Waals surface area contributed by atoms with Crippen LogP contribution < -0.4 is 10.1 Å². The van der Waals surface area contributed by atoms with Crippen LogP contribution >= 0.6 is 0 Å². The molecule has 1 aromatic heterocycles. The van der Waals surface area contributed by atoms with Gasteiger partial charge in [0.25, 0.3) is 0 Å². The molecule has 3 aromatic rings. The van der Waals surface area contributed by atoms with Crippen LogP contribution in [0.1, 0.15) is 34.1 Å². The predicted octanol–water partition coefficient (Wildman–Crippen LogP) is 4.90. The molecule has 2 aromatic carbocycles. The maximum Gasteiger partial charge on any atom is 0.340 e. The summed E-state index contributed by atoms with van der Waals surface area (Å²) in [5.74, 6) is -0.00126. The lowest BCUT2D eigenvalue weighted by Crippen LogP contribution is -2.21. The summed E-state index contributed by atoms with van der Waals surface area (Å²) < 4.78 is 12.5. The Hall–Kier alpha value is -3.54. The largest absolute Gasteiger partial charge is 0.495 e. The highest BCUT2D eigenvalue weighted by Crippen LogP contribution is 2.32. The summed E-state index contributed by atoms with van der Waals surface area (Å²) in [6.07, 6.45) is 0. The van der Waals surface area contributed by atoms with Gasteiger partial charge in [-0.15, -0.1) is 0 Å². The minimum Gasteiger partial charge on any atom is -0.495 e. The van der Waals surface area contributed by atoms with Gasteiger partial charge < -0.3 is 19.4 Å². The summed E-state index contributed by atoms with van der Waals surface area (Å²) in [4.78, 5) is 25.6. The van der Waals surface area contributed by atoms with Crippen molar-refractivity contribution in [1.29, 1.82) is 0 Å². The van der Waals surface area contributed by atoms with E-state index in [1.807, 2.05) is 73.9 Å². The van der Waals surface area contributed by atoms with E-state index in [-0.39, 0.29) is 25.0 Å². The zero-order valence-corrected chi connectivity index (χ0v) is 18.6. The number of nitrogens with zero attached hydrogens (tertiary/aromatic N) is 1. The van der Waals surface area contributed by atoms with Crippen LogP contribution in [0, 0.1) is 20.8 Å². The van der Waals surface area contributed by atoms with Gasteiger partial charge in [-0.1, -0.05) is 36.4 Å². The van der Waals surface area contributed by atoms with Crippen LogP contribution in [0.5, 0.6) is 5.75 Å². The lowest BCUT2D eigenvalue weighted by Gasteiger charge is -2.15. The first-order valence-electron chi connectivity index (χ1n) is 10.2. The fraction of sp³-hybridized carbons (Fsp3) is 0.280. The maximum atomic E-state index is 13.0. The Labute approximate surface area is 182 Å². The first-order chi connectivity index (χ1) is 14.9. The number of hydrogen-bond acceptors (Lipinski definition) is 4. The van der Waals surface area contributed by atoms with Gasteiger partial charge in [0.15, 0.2) is 0 Å². The number of hydrogen-bond donors (Lipinski definition) is 1. The molecule has 0 saturated carbocycles. The summed E-state index contributed by atoms with van der Waals surface area (Å²) >= 11 is 0. The van der Waals surface area contributed by atoms with E-state index in [4.69, 9.17) is 9.47 Å². The van der Waals surface area contributed by atoms with Crippen molar-refractivity contribution in [3.05, 3.63) is 70.9 Å². The number of nitrogens with one attached hydrogen (secondary N) is 1. The molecule has 3 rings (SSSR count). The molecule has 0 saturated heterocycles. The van der Waals surface area contributed by atoms with Crippen molar-refractivity contribution in [2.75, 3.05) is 19.0 Å². The summed E-state index contributed by atoms with van der Waals surface area (Å²) in [6.45, 7) is 7.80. The van der Waals surface area contributed by atoms with Crippen LogP contribution in [0.2, 0.25) is 0 Å². The van der Waals surface area contributed by atoms with Crippen LogP contribution in [0.3, 0.4) is 0 Å². The number of aryl methyl sites for hydroxylation is 1. The number of rotatable bonds is 7. The average Bonchev–Trinajstić information content (AvgIpc) is 2.98. The quantitative estimate of drug-likeness (QED) is 0.552.